The molecule has 2 rings (SSSR count). The first-order chi connectivity index (χ1) is 5.53. The average molecular weight is 184 g/mol. The predicted octanol–water partition coefficient (Wildman–Crippen LogP) is 2.69. The number of rotatable bonds is 1. The fraction of sp³-hybridized carbons (Fsp3) is 0.444. The molecule has 2 nitrogen and oxygen atoms in total. The van der Waals surface area contributed by atoms with E-state index < -0.39 is 0 Å². The van der Waals surface area contributed by atoms with Gasteiger partial charge in [-0.1, -0.05) is 0 Å². The van der Waals surface area contributed by atoms with Gasteiger partial charge < -0.3 is 4.74 Å². The summed E-state index contributed by atoms with van der Waals surface area (Å²) >= 11 is 1.83. The summed E-state index contributed by atoms with van der Waals surface area (Å²) in [6.45, 7) is 5.92. The SMILES string of the molecule is CC(C)(C)OC=O.c1sc2cc1-2. The van der Waals surface area contributed by atoms with Crippen molar-refractivity contribution in [2.24, 2.45) is 0 Å². The van der Waals surface area contributed by atoms with E-state index in [-0.39, 0.29) is 5.60 Å². The van der Waals surface area contributed by atoms with Crippen molar-refractivity contribution in [3.63, 3.8) is 0 Å². The molecule has 1 aliphatic heterocycles. The van der Waals surface area contributed by atoms with Gasteiger partial charge in [0, 0.05) is 15.8 Å². The largest absolute Gasteiger partial charge is 0.462 e. The standard InChI is InChI=1S/C5H10O2.C4H2S/c1-5(2,3)7-4-6;1-3-2-5-4(1)3/h4H,1-3H3;1-2H. The topological polar surface area (TPSA) is 26.3 Å². The molecule has 1 aliphatic carbocycles. The zero-order chi connectivity index (χ0) is 9.19. The van der Waals surface area contributed by atoms with E-state index in [1.807, 2.05) is 32.1 Å². The second-order valence-corrected chi connectivity index (χ2v) is 4.44. The molecule has 0 unspecified atom stereocenters. The third kappa shape index (κ3) is 3.05. The van der Waals surface area contributed by atoms with Gasteiger partial charge in [0.05, 0.1) is 0 Å². The lowest BCUT2D eigenvalue weighted by molar-refractivity contribution is -0.138. The van der Waals surface area contributed by atoms with Gasteiger partial charge in [-0.05, 0) is 26.8 Å². The van der Waals surface area contributed by atoms with Crippen molar-refractivity contribution < 1.29 is 9.53 Å². The molecular formula is C9H12O2S. The summed E-state index contributed by atoms with van der Waals surface area (Å²) in [5, 5.41) is 2.16. The molecule has 2 aliphatic rings. The fourth-order valence-electron chi connectivity index (χ4n) is 0.513. The van der Waals surface area contributed by atoms with E-state index in [0.29, 0.717) is 6.47 Å². The molecule has 0 aromatic rings. The Labute approximate surface area is 76.2 Å². The quantitative estimate of drug-likeness (QED) is 0.637. The van der Waals surface area contributed by atoms with Gasteiger partial charge in [0.15, 0.2) is 0 Å². The summed E-state index contributed by atoms with van der Waals surface area (Å²) in [7, 11) is 0. The first-order valence-electron chi connectivity index (χ1n) is 3.73. The Balaban J connectivity index is 0.000000123. The van der Waals surface area contributed by atoms with Crippen LogP contribution in [0.5, 0.6) is 0 Å². The Kier molecular flexibility index (Phi) is 2.52. The summed E-state index contributed by atoms with van der Waals surface area (Å²) in [5.74, 6) is 0. The molecule has 0 saturated heterocycles. The van der Waals surface area contributed by atoms with E-state index in [2.05, 4.69) is 16.2 Å². The van der Waals surface area contributed by atoms with Crippen molar-refractivity contribution in [1.82, 2.24) is 0 Å². The zero-order valence-electron chi connectivity index (χ0n) is 7.46. The van der Waals surface area contributed by atoms with Crippen LogP contribution < -0.4 is 0 Å². The third-order valence-corrected chi connectivity index (χ3v) is 2.18. The minimum atomic E-state index is -0.318. The van der Waals surface area contributed by atoms with Gasteiger partial charge in [0.25, 0.3) is 6.47 Å². The minimum absolute atomic E-state index is 0.318. The number of carbonyl (C=O) groups is 1. The second-order valence-electron chi connectivity index (χ2n) is 3.53. The molecule has 0 fully saturated rings. The zero-order valence-corrected chi connectivity index (χ0v) is 8.27. The molecule has 1 heterocycles. The van der Waals surface area contributed by atoms with E-state index >= 15 is 0 Å². The van der Waals surface area contributed by atoms with E-state index in [1.54, 1.807) is 0 Å². The van der Waals surface area contributed by atoms with Crippen LogP contribution in [0.3, 0.4) is 0 Å². The van der Waals surface area contributed by atoms with Crippen molar-refractivity contribution in [3.05, 3.63) is 11.4 Å². The lowest BCUT2D eigenvalue weighted by Crippen LogP contribution is -2.17. The van der Waals surface area contributed by atoms with Gasteiger partial charge in [-0.25, -0.2) is 0 Å². The van der Waals surface area contributed by atoms with Crippen LogP contribution in [0.1, 0.15) is 20.8 Å². The van der Waals surface area contributed by atoms with Crippen molar-refractivity contribution in [3.8, 4) is 10.4 Å². The highest BCUT2D eigenvalue weighted by Gasteiger charge is 2.12. The van der Waals surface area contributed by atoms with Gasteiger partial charge in [0.2, 0.25) is 0 Å². The molecule has 0 bridgehead atoms. The van der Waals surface area contributed by atoms with Crippen LogP contribution >= 0.6 is 11.3 Å². The first kappa shape index (κ1) is 9.26. The highest BCUT2D eigenvalue weighted by Crippen LogP contribution is 2.42. The maximum Gasteiger partial charge on any atom is 0.293 e. The van der Waals surface area contributed by atoms with Crippen LogP contribution in [0.25, 0.3) is 10.4 Å². The molecule has 0 spiro atoms. The van der Waals surface area contributed by atoms with Crippen molar-refractivity contribution in [2.75, 3.05) is 0 Å². The lowest BCUT2D eigenvalue weighted by Gasteiger charge is -2.14. The molecule has 0 aromatic carbocycles. The number of thiophene rings is 1. The molecule has 0 radical (unpaired) electrons. The summed E-state index contributed by atoms with van der Waals surface area (Å²) < 4.78 is 4.55. The number of hydrogen-bond donors (Lipinski definition) is 0. The lowest BCUT2D eigenvalue weighted by atomic mass is 10.2. The average Bonchev–Trinajstić information content (AvgIpc) is 2.37. The molecule has 0 amide bonds. The van der Waals surface area contributed by atoms with E-state index in [9.17, 15) is 4.79 Å². The molecule has 0 saturated carbocycles. The molecule has 12 heavy (non-hydrogen) atoms. The van der Waals surface area contributed by atoms with E-state index in [1.165, 1.54) is 10.4 Å². The van der Waals surface area contributed by atoms with Crippen LogP contribution in [-0.2, 0) is 9.53 Å². The first-order valence-corrected chi connectivity index (χ1v) is 4.61. The minimum Gasteiger partial charge on any atom is -0.462 e. The Hall–Kier alpha value is -0.830. The van der Waals surface area contributed by atoms with Crippen molar-refractivity contribution >= 4 is 17.8 Å². The predicted molar refractivity (Wildman–Crippen MR) is 50.2 cm³/mol. The summed E-state index contributed by atoms with van der Waals surface area (Å²) in [6.07, 6.45) is 0. The maximum atomic E-state index is 9.60. The van der Waals surface area contributed by atoms with Crippen molar-refractivity contribution in [2.45, 2.75) is 26.4 Å². The molecule has 3 heteroatoms. The summed E-state index contributed by atoms with van der Waals surface area (Å²) in [6, 6.07) is 2.19. The van der Waals surface area contributed by atoms with Crippen molar-refractivity contribution in [1.29, 1.82) is 0 Å². The fourth-order valence-corrected chi connectivity index (χ4v) is 1.17. The molecule has 66 valence electrons. The highest BCUT2D eigenvalue weighted by molar-refractivity contribution is 7.18. The molecular weight excluding hydrogens is 172 g/mol. The number of fused-ring (bicyclic) bond motifs is 1. The summed E-state index contributed by atoms with van der Waals surface area (Å²) in [5.41, 5.74) is 1.16. The number of ether oxygens (including phenoxy) is 1. The summed E-state index contributed by atoms with van der Waals surface area (Å²) in [4.78, 5) is 11.1. The Morgan fingerprint density at radius 3 is 2.08 bits per heavy atom. The Morgan fingerprint density at radius 2 is 2.08 bits per heavy atom. The van der Waals surface area contributed by atoms with Gasteiger partial charge in [-0.2, -0.15) is 0 Å². The van der Waals surface area contributed by atoms with Gasteiger partial charge >= 0.3 is 0 Å². The smallest absolute Gasteiger partial charge is 0.293 e. The molecule has 0 atom stereocenters. The number of carbonyl (C=O) groups excluding carboxylic acids is 1. The maximum absolute atomic E-state index is 9.60. The van der Waals surface area contributed by atoms with Gasteiger partial charge in [0.1, 0.15) is 5.60 Å². The van der Waals surface area contributed by atoms with Crippen LogP contribution in [0.2, 0.25) is 0 Å². The number of hydrogen-bond acceptors (Lipinski definition) is 3. The normalized spacial score (nSPS) is 11.2. The van der Waals surface area contributed by atoms with Gasteiger partial charge in [-0.3, -0.25) is 4.79 Å². The Bertz CT molecular complexity index is 246. The highest BCUT2D eigenvalue weighted by atomic mass is 32.1. The van der Waals surface area contributed by atoms with E-state index in [4.69, 9.17) is 0 Å². The van der Waals surface area contributed by atoms with Crippen LogP contribution in [0, 0.1) is 0 Å². The third-order valence-electron chi connectivity index (χ3n) is 1.20. The monoisotopic (exact) mass is 184 g/mol. The molecule has 0 aromatic heterocycles. The van der Waals surface area contributed by atoms with Gasteiger partial charge in [-0.15, -0.1) is 11.3 Å². The molecule has 0 N–H and O–H groups in total. The van der Waals surface area contributed by atoms with E-state index in [0.717, 1.165) is 0 Å². The second kappa shape index (κ2) is 3.27. The Morgan fingerprint density at radius 1 is 1.50 bits per heavy atom. The van der Waals surface area contributed by atoms with Crippen LogP contribution in [0.4, 0.5) is 0 Å². The van der Waals surface area contributed by atoms with Crippen LogP contribution in [0.15, 0.2) is 11.4 Å². The van der Waals surface area contributed by atoms with Crippen LogP contribution in [-0.4, -0.2) is 12.1 Å².